The average molecular weight is 455 g/mol. The minimum absolute atomic E-state index is 0.0363. The second-order valence-electron chi connectivity index (χ2n) is 4.20. The number of ether oxygens (including phenoxy) is 2. The van der Waals surface area contributed by atoms with E-state index >= 15 is 0 Å². The standard InChI is InChI=1S/C14H16Br2O2Se/c15-12(10-18-13-8-4-5-9-17-13)14(16)19-11-6-2-1-3-7-11/h1-3,6-7,13H,4-5,8-10H2/b14-12-. The summed E-state index contributed by atoms with van der Waals surface area (Å²) in [6.45, 7) is 1.39. The molecule has 1 aliphatic rings. The van der Waals surface area contributed by atoms with Crippen molar-refractivity contribution in [2.75, 3.05) is 13.2 Å². The quantitative estimate of drug-likeness (QED) is 0.634. The predicted octanol–water partition coefficient (Wildman–Crippen LogP) is 3.52. The zero-order valence-corrected chi connectivity index (χ0v) is 15.4. The van der Waals surface area contributed by atoms with E-state index < -0.39 is 0 Å². The molecule has 104 valence electrons. The summed E-state index contributed by atoms with van der Waals surface area (Å²) in [5.41, 5.74) is 0. The van der Waals surface area contributed by atoms with E-state index in [4.69, 9.17) is 9.47 Å². The van der Waals surface area contributed by atoms with E-state index in [9.17, 15) is 0 Å². The van der Waals surface area contributed by atoms with Gasteiger partial charge in [0, 0.05) is 0 Å². The van der Waals surface area contributed by atoms with Crippen molar-refractivity contribution in [3.63, 3.8) is 0 Å². The van der Waals surface area contributed by atoms with Crippen LogP contribution in [0.1, 0.15) is 19.3 Å². The summed E-state index contributed by atoms with van der Waals surface area (Å²) in [7, 11) is 0. The van der Waals surface area contributed by atoms with Gasteiger partial charge in [-0.1, -0.05) is 0 Å². The molecular formula is C14H16Br2O2Se. The molecule has 1 unspecified atom stereocenters. The fraction of sp³-hybridized carbons (Fsp3) is 0.429. The molecular weight excluding hydrogens is 439 g/mol. The SMILES string of the molecule is Br/C(COC1CCCCO1)=C(/Br)[Se]c1ccccc1. The topological polar surface area (TPSA) is 18.5 Å². The van der Waals surface area contributed by atoms with Crippen molar-refractivity contribution in [2.24, 2.45) is 0 Å². The van der Waals surface area contributed by atoms with Gasteiger partial charge in [-0.2, -0.15) is 0 Å². The van der Waals surface area contributed by atoms with Crippen LogP contribution in [0.25, 0.3) is 0 Å². The molecule has 0 aliphatic carbocycles. The van der Waals surface area contributed by atoms with Gasteiger partial charge in [0.1, 0.15) is 0 Å². The first-order valence-electron chi connectivity index (χ1n) is 6.26. The molecule has 1 fully saturated rings. The Morgan fingerprint density at radius 1 is 1.26 bits per heavy atom. The van der Waals surface area contributed by atoms with Crippen LogP contribution in [0, 0.1) is 0 Å². The maximum atomic E-state index is 5.76. The molecule has 0 bridgehead atoms. The molecule has 1 aromatic rings. The molecule has 1 saturated heterocycles. The maximum absolute atomic E-state index is 5.76. The van der Waals surface area contributed by atoms with Crippen molar-refractivity contribution in [3.8, 4) is 0 Å². The first-order valence-corrected chi connectivity index (χ1v) is 9.56. The summed E-state index contributed by atoms with van der Waals surface area (Å²) in [5, 5.41) is 0. The van der Waals surface area contributed by atoms with Crippen molar-refractivity contribution in [1.29, 1.82) is 0 Å². The molecule has 1 aromatic carbocycles. The van der Waals surface area contributed by atoms with Crippen LogP contribution in [0.15, 0.2) is 38.2 Å². The second-order valence-corrected chi connectivity index (χ2v) is 9.41. The molecule has 0 radical (unpaired) electrons. The fourth-order valence-corrected chi connectivity index (χ4v) is 4.76. The average Bonchev–Trinajstić information content (AvgIpc) is 2.47. The summed E-state index contributed by atoms with van der Waals surface area (Å²) in [6, 6.07) is 10.5. The van der Waals surface area contributed by atoms with Gasteiger partial charge in [0.2, 0.25) is 0 Å². The third-order valence-electron chi connectivity index (χ3n) is 2.70. The van der Waals surface area contributed by atoms with E-state index in [0.717, 1.165) is 23.9 Å². The van der Waals surface area contributed by atoms with Crippen molar-refractivity contribution in [3.05, 3.63) is 38.2 Å². The third-order valence-corrected chi connectivity index (χ3v) is 7.72. The zero-order chi connectivity index (χ0) is 13.5. The first-order chi connectivity index (χ1) is 9.25. The Balaban J connectivity index is 1.82. The summed E-state index contributed by atoms with van der Waals surface area (Å²) >= 11 is 7.51. The van der Waals surface area contributed by atoms with Crippen LogP contribution in [0.5, 0.6) is 0 Å². The number of benzene rings is 1. The Bertz CT molecular complexity index is 417. The van der Waals surface area contributed by atoms with Crippen LogP contribution in [0.2, 0.25) is 0 Å². The Hall–Kier alpha value is 0.359. The van der Waals surface area contributed by atoms with Crippen LogP contribution in [0.4, 0.5) is 0 Å². The molecule has 2 nitrogen and oxygen atoms in total. The number of hydrogen-bond donors (Lipinski definition) is 0. The van der Waals surface area contributed by atoms with E-state index in [1.54, 1.807) is 0 Å². The van der Waals surface area contributed by atoms with Crippen LogP contribution >= 0.6 is 31.9 Å². The first kappa shape index (κ1) is 15.7. The number of rotatable bonds is 5. The monoisotopic (exact) mass is 454 g/mol. The molecule has 0 aromatic heterocycles. The van der Waals surface area contributed by atoms with Crippen LogP contribution < -0.4 is 4.46 Å². The van der Waals surface area contributed by atoms with Gasteiger partial charge in [-0.3, -0.25) is 0 Å². The Kier molecular flexibility index (Phi) is 7.13. The van der Waals surface area contributed by atoms with Gasteiger partial charge >= 0.3 is 138 Å². The van der Waals surface area contributed by atoms with Crippen molar-refractivity contribution < 1.29 is 9.47 Å². The van der Waals surface area contributed by atoms with Crippen LogP contribution in [0.3, 0.4) is 0 Å². The number of hydrogen-bond acceptors (Lipinski definition) is 2. The van der Waals surface area contributed by atoms with E-state index in [-0.39, 0.29) is 21.2 Å². The van der Waals surface area contributed by atoms with Gasteiger partial charge in [0.05, 0.1) is 0 Å². The van der Waals surface area contributed by atoms with Crippen molar-refractivity contribution >= 4 is 51.3 Å². The molecule has 1 aliphatic heterocycles. The molecule has 1 heterocycles. The molecule has 19 heavy (non-hydrogen) atoms. The van der Waals surface area contributed by atoms with Gasteiger partial charge < -0.3 is 0 Å². The van der Waals surface area contributed by atoms with Crippen LogP contribution in [-0.2, 0) is 9.47 Å². The zero-order valence-electron chi connectivity index (χ0n) is 10.5. The minimum atomic E-state index is -0.0363. The normalized spacial score (nSPS) is 21.1. The third kappa shape index (κ3) is 5.70. The van der Waals surface area contributed by atoms with Crippen molar-refractivity contribution in [2.45, 2.75) is 25.6 Å². The Labute approximate surface area is 137 Å². The summed E-state index contributed by atoms with van der Waals surface area (Å²) in [4.78, 5) is 0. The Morgan fingerprint density at radius 3 is 2.74 bits per heavy atom. The molecule has 5 heteroatoms. The fourth-order valence-electron chi connectivity index (χ4n) is 1.71. The molecule has 0 spiro atoms. The van der Waals surface area contributed by atoms with E-state index in [2.05, 4.69) is 56.1 Å². The van der Waals surface area contributed by atoms with Gasteiger partial charge in [0.25, 0.3) is 0 Å². The van der Waals surface area contributed by atoms with Crippen molar-refractivity contribution in [1.82, 2.24) is 0 Å². The molecule has 0 saturated carbocycles. The summed E-state index contributed by atoms with van der Waals surface area (Å²) < 4.78 is 14.9. The van der Waals surface area contributed by atoms with Gasteiger partial charge in [-0.05, 0) is 0 Å². The van der Waals surface area contributed by atoms with Gasteiger partial charge in [-0.25, -0.2) is 0 Å². The van der Waals surface area contributed by atoms with Gasteiger partial charge in [0.15, 0.2) is 0 Å². The summed E-state index contributed by atoms with van der Waals surface area (Å²) in [5.74, 6) is 0. The van der Waals surface area contributed by atoms with E-state index in [0.29, 0.717) is 6.61 Å². The van der Waals surface area contributed by atoms with E-state index in [1.807, 2.05) is 6.07 Å². The second kappa shape index (κ2) is 8.60. The molecule has 0 N–H and O–H groups in total. The van der Waals surface area contributed by atoms with E-state index in [1.165, 1.54) is 14.3 Å². The van der Waals surface area contributed by atoms with Crippen LogP contribution in [-0.4, -0.2) is 34.5 Å². The Morgan fingerprint density at radius 2 is 2.05 bits per heavy atom. The molecule has 2 rings (SSSR count). The predicted molar refractivity (Wildman–Crippen MR) is 86.3 cm³/mol. The summed E-state index contributed by atoms with van der Waals surface area (Å²) in [6.07, 6.45) is 3.31. The van der Waals surface area contributed by atoms with Gasteiger partial charge in [-0.15, -0.1) is 0 Å². The number of halogens is 2. The molecule has 1 atom stereocenters. The molecule has 0 amide bonds.